The van der Waals surface area contributed by atoms with Crippen molar-refractivity contribution in [3.8, 4) is 0 Å². The van der Waals surface area contributed by atoms with Crippen LogP contribution in [0, 0.1) is 0 Å². The predicted molar refractivity (Wildman–Crippen MR) is 82.2 cm³/mol. The third kappa shape index (κ3) is 3.33. The number of thiazole rings is 1. The molecular formula is C12H13BrN4O2S. The lowest BCUT2D eigenvalue weighted by Gasteiger charge is -2.06. The summed E-state index contributed by atoms with van der Waals surface area (Å²) in [5.41, 5.74) is 6.16. The maximum atomic E-state index is 12.0. The summed E-state index contributed by atoms with van der Waals surface area (Å²) in [4.78, 5) is 27.8. The van der Waals surface area contributed by atoms with E-state index in [1.807, 2.05) is 0 Å². The summed E-state index contributed by atoms with van der Waals surface area (Å²) in [6.07, 6.45) is 2.21. The largest absolute Gasteiger partial charge is 0.330 e. The van der Waals surface area contributed by atoms with E-state index in [0.29, 0.717) is 28.8 Å². The zero-order valence-corrected chi connectivity index (χ0v) is 13.1. The topological polar surface area (TPSA) is 90.0 Å². The number of aromatic nitrogens is 2. The molecule has 2 heterocycles. The number of hydrogen-bond acceptors (Lipinski definition) is 5. The van der Waals surface area contributed by atoms with Gasteiger partial charge in [0.2, 0.25) is 0 Å². The Morgan fingerprint density at radius 3 is 3.00 bits per heavy atom. The van der Waals surface area contributed by atoms with Gasteiger partial charge in [-0.1, -0.05) is 0 Å². The van der Waals surface area contributed by atoms with Gasteiger partial charge >= 0.3 is 0 Å². The number of halogens is 1. The standard InChI is InChI=1S/C12H13BrN4O2S/c1-17-5-7(4-8(13)12(17)19)15-11(18)9-6-20-10(16-9)2-3-14/h4-6H,2-3,14H2,1H3,(H,15,18). The molecule has 2 aromatic rings. The Balaban J connectivity index is 2.16. The van der Waals surface area contributed by atoms with Gasteiger partial charge in [-0.05, 0) is 28.5 Å². The predicted octanol–water partition coefficient (Wildman–Crippen LogP) is 1.36. The van der Waals surface area contributed by atoms with Crippen molar-refractivity contribution in [2.45, 2.75) is 6.42 Å². The number of nitrogens with two attached hydrogens (primary N) is 1. The van der Waals surface area contributed by atoms with Crippen LogP contribution in [0.1, 0.15) is 15.5 Å². The lowest BCUT2D eigenvalue weighted by Crippen LogP contribution is -2.19. The highest BCUT2D eigenvalue weighted by molar-refractivity contribution is 9.10. The number of anilines is 1. The Hall–Kier alpha value is -1.51. The summed E-state index contributed by atoms with van der Waals surface area (Å²) in [7, 11) is 1.62. The van der Waals surface area contributed by atoms with Gasteiger partial charge < -0.3 is 15.6 Å². The minimum absolute atomic E-state index is 0.165. The van der Waals surface area contributed by atoms with E-state index in [0.717, 1.165) is 5.01 Å². The molecule has 0 saturated heterocycles. The highest BCUT2D eigenvalue weighted by atomic mass is 79.9. The van der Waals surface area contributed by atoms with E-state index in [-0.39, 0.29) is 11.5 Å². The zero-order chi connectivity index (χ0) is 14.7. The van der Waals surface area contributed by atoms with Gasteiger partial charge in [0.05, 0.1) is 15.2 Å². The molecule has 0 aliphatic carbocycles. The lowest BCUT2D eigenvalue weighted by atomic mass is 10.3. The molecule has 0 spiro atoms. The number of aryl methyl sites for hydroxylation is 1. The average Bonchev–Trinajstić information content (AvgIpc) is 2.85. The van der Waals surface area contributed by atoms with E-state index >= 15 is 0 Å². The molecule has 0 radical (unpaired) electrons. The molecule has 2 aromatic heterocycles. The highest BCUT2D eigenvalue weighted by Crippen LogP contribution is 2.15. The Bertz CT molecular complexity index is 669. The van der Waals surface area contributed by atoms with E-state index in [2.05, 4.69) is 26.2 Å². The first-order chi connectivity index (χ1) is 9.51. The molecule has 0 unspecified atom stereocenters. The summed E-state index contributed by atoms with van der Waals surface area (Å²) in [5.74, 6) is -0.310. The number of rotatable bonds is 4. The van der Waals surface area contributed by atoms with Gasteiger partial charge in [-0.25, -0.2) is 4.98 Å². The molecule has 3 N–H and O–H groups in total. The lowest BCUT2D eigenvalue weighted by molar-refractivity contribution is 0.102. The fourth-order valence-electron chi connectivity index (χ4n) is 1.59. The molecule has 0 bridgehead atoms. The summed E-state index contributed by atoms with van der Waals surface area (Å²) in [5, 5.41) is 5.23. The molecule has 0 saturated carbocycles. The van der Waals surface area contributed by atoms with E-state index in [9.17, 15) is 9.59 Å². The quantitative estimate of drug-likeness (QED) is 0.865. The smallest absolute Gasteiger partial charge is 0.275 e. The average molecular weight is 357 g/mol. The molecular weight excluding hydrogens is 344 g/mol. The minimum Gasteiger partial charge on any atom is -0.330 e. The van der Waals surface area contributed by atoms with Crippen molar-refractivity contribution < 1.29 is 4.79 Å². The van der Waals surface area contributed by atoms with Crippen LogP contribution in [0.3, 0.4) is 0 Å². The maximum Gasteiger partial charge on any atom is 0.275 e. The summed E-state index contributed by atoms with van der Waals surface area (Å²) < 4.78 is 1.78. The second-order valence-corrected chi connectivity index (χ2v) is 5.91. The minimum atomic E-state index is -0.310. The van der Waals surface area contributed by atoms with Crippen LogP contribution < -0.4 is 16.6 Å². The second kappa shape index (κ2) is 6.29. The molecule has 8 heteroatoms. The van der Waals surface area contributed by atoms with Gasteiger partial charge in [0.25, 0.3) is 11.5 Å². The van der Waals surface area contributed by atoms with E-state index in [1.54, 1.807) is 24.7 Å². The Morgan fingerprint density at radius 2 is 2.35 bits per heavy atom. The summed E-state index contributed by atoms with van der Waals surface area (Å²) >= 11 is 4.56. The molecule has 0 atom stereocenters. The molecule has 0 fully saturated rings. The van der Waals surface area contributed by atoms with Gasteiger partial charge in [-0.15, -0.1) is 11.3 Å². The van der Waals surface area contributed by atoms with Gasteiger partial charge in [0.1, 0.15) is 5.69 Å². The number of amides is 1. The molecule has 0 aliphatic rings. The van der Waals surface area contributed by atoms with Crippen molar-refractivity contribution >= 4 is 38.9 Å². The number of nitrogens with one attached hydrogen (secondary N) is 1. The first kappa shape index (κ1) is 14.9. The van der Waals surface area contributed by atoms with Crippen molar-refractivity contribution in [2.75, 3.05) is 11.9 Å². The number of carbonyl (C=O) groups excluding carboxylic acids is 1. The molecule has 2 rings (SSSR count). The Morgan fingerprint density at radius 1 is 1.60 bits per heavy atom. The van der Waals surface area contributed by atoms with Crippen LogP contribution in [0.5, 0.6) is 0 Å². The van der Waals surface area contributed by atoms with Crippen LogP contribution >= 0.6 is 27.3 Å². The third-order valence-electron chi connectivity index (χ3n) is 2.54. The molecule has 1 amide bonds. The second-order valence-electron chi connectivity index (χ2n) is 4.11. The maximum absolute atomic E-state index is 12.0. The summed E-state index contributed by atoms with van der Waals surface area (Å²) in [6, 6.07) is 1.56. The van der Waals surface area contributed by atoms with Crippen LogP contribution in [0.4, 0.5) is 5.69 Å². The number of hydrogen-bond donors (Lipinski definition) is 2. The Kier molecular flexibility index (Phi) is 4.69. The van der Waals surface area contributed by atoms with E-state index < -0.39 is 0 Å². The normalized spacial score (nSPS) is 10.6. The first-order valence-electron chi connectivity index (χ1n) is 5.83. The monoisotopic (exact) mass is 356 g/mol. The fraction of sp³-hybridized carbons (Fsp3) is 0.250. The van der Waals surface area contributed by atoms with Crippen molar-refractivity contribution in [3.63, 3.8) is 0 Å². The number of nitrogens with zero attached hydrogens (tertiary/aromatic N) is 2. The van der Waals surface area contributed by atoms with Gasteiger partial charge in [-0.2, -0.15) is 0 Å². The van der Waals surface area contributed by atoms with Crippen molar-refractivity contribution in [1.29, 1.82) is 0 Å². The van der Waals surface area contributed by atoms with Gasteiger partial charge in [0, 0.05) is 25.0 Å². The molecule has 6 nitrogen and oxygen atoms in total. The van der Waals surface area contributed by atoms with E-state index in [1.165, 1.54) is 15.9 Å². The van der Waals surface area contributed by atoms with Crippen molar-refractivity contribution in [3.05, 3.63) is 43.2 Å². The van der Waals surface area contributed by atoms with Gasteiger partial charge in [0.15, 0.2) is 0 Å². The SMILES string of the molecule is Cn1cc(NC(=O)c2csc(CCN)n2)cc(Br)c1=O. The van der Waals surface area contributed by atoms with Crippen LogP contribution in [0.2, 0.25) is 0 Å². The fourth-order valence-corrected chi connectivity index (χ4v) is 2.91. The number of carbonyl (C=O) groups is 1. The summed E-state index contributed by atoms with van der Waals surface area (Å²) in [6.45, 7) is 0.502. The first-order valence-corrected chi connectivity index (χ1v) is 7.50. The molecule has 20 heavy (non-hydrogen) atoms. The van der Waals surface area contributed by atoms with E-state index in [4.69, 9.17) is 5.73 Å². The van der Waals surface area contributed by atoms with Crippen molar-refractivity contribution in [2.24, 2.45) is 12.8 Å². The molecule has 0 aromatic carbocycles. The highest BCUT2D eigenvalue weighted by Gasteiger charge is 2.12. The van der Waals surface area contributed by atoms with Crippen LogP contribution in [0.15, 0.2) is 26.9 Å². The van der Waals surface area contributed by atoms with Crippen molar-refractivity contribution in [1.82, 2.24) is 9.55 Å². The zero-order valence-electron chi connectivity index (χ0n) is 10.7. The van der Waals surface area contributed by atoms with Crippen LogP contribution in [0.25, 0.3) is 0 Å². The van der Waals surface area contributed by atoms with Gasteiger partial charge in [-0.3, -0.25) is 9.59 Å². The van der Waals surface area contributed by atoms with Crippen LogP contribution in [-0.2, 0) is 13.5 Å². The molecule has 0 aliphatic heterocycles. The Labute approximate surface area is 127 Å². The van der Waals surface area contributed by atoms with Crippen LogP contribution in [-0.4, -0.2) is 22.0 Å². The number of pyridine rings is 1. The third-order valence-corrected chi connectivity index (χ3v) is 4.02. The molecule has 106 valence electrons.